The van der Waals surface area contributed by atoms with Gasteiger partial charge in [0.15, 0.2) is 0 Å². The van der Waals surface area contributed by atoms with Crippen molar-refractivity contribution in [2.45, 2.75) is 20.5 Å². The number of benzene rings is 2. The zero-order chi connectivity index (χ0) is 17.8. The molecular formula is C20H18F2N2O. The predicted molar refractivity (Wildman–Crippen MR) is 94.0 cm³/mol. The van der Waals surface area contributed by atoms with Gasteiger partial charge in [0.05, 0.1) is 6.21 Å². The molecule has 3 aromatic rings. The summed E-state index contributed by atoms with van der Waals surface area (Å²) in [7, 11) is 0. The third kappa shape index (κ3) is 3.94. The second-order valence-corrected chi connectivity index (χ2v) is 5.78. The largest absolute Gasteiger partial charge is 0.391 e. The lowest BCUT2D eigenvalue weighted by atomic mass is 10.2. The van der Waals surface area contributed by atoms with Crippen LogP contribution in [0.2, 0.25) is 0 Å². The number of hydrogen-bond donors (Lipinski definition) is 0. The first-order valence-corrected chi connectivity index (χ1v) is 7.89. The van der Waals surface area contributed by atoms with Gasteiger partial charge in [0.25, 0.3) is 0 Å². The lowest BCUT2D eigenvalue weighted by Crippen LogP contribution is -1.99. The molecule has 128 valence electrons. The standard InChI is InChI=1S/C20H18F2N2O/c1-14-10-17(12-23-25-13-16-4-3-5-19(22)11-16)15(2)24(14)20-8-6-18(21)7-9-20/h3-12H,13H2,1-2H3/b23-12-. The number of halogens is 2. The summed E-state index contributed by atoms with van der Waals surface area (Å²) in [4.78, 5) is 5.25. The maximum Gasteiger partial charge on any atom is 0.142 e. The Kier molecular flexibility index (Phi) is 4.93. The molecule has 2 aromatic carbocycles. The lowest BCUT2D eigenvalue weighted by Gasteiger charge is -2.09. The molecule has 3 rings (SSSR count). The molecule has 0 saturated heterocycles. The zero-order valence-electron chi connectivity index (χ0n) is 14.0. The highest BCUT2D eigenvalue weighted by Gasteiger charge is 2.09. The summed E-state index contributed by atoms with van der Waals surface area (Å²) in [6.45, 7) is 4.14. The molecule has 0 atom stereocenters. The van der Waals surface area contributed by atoms with Gasteiger partial charge in [-0.3, -0.25) is 0 Å². The number of aryl methyl sites for hydroxylation is 1. The molecule has 0 N–H and O–H groups in total. The van der Waals surface area contributed by atoms with Crippen LogP contribution in [0.3, 0.4) is 0 Å². The fourth-order valence-corrected chi connectivity index (χ4v) is 2.74. The van der Waals surface area contributed by atoms with Gasteiger partial charge >= 0.3 is 0 Å². The van der Waals surface area contributed by atoms with Gasteiger partial charge in [-0.15, -0.1) is 0 Å². The van der Waals surface area contributed by atoms with Crippen molar-refractivity contribution in [3.05, 3.63) is 88.7 Å². The highest BCUT2D eigenvalue weighted by Crippen LogP contribution is 2.20. The van der Waals surface area contributed by atoms with Gasteiger partial charge in [-0.1, -0.05) is 17.3 Å². The average molecular weight is 340 g/mol. The van der Waals surface area contributed by atoms with Gasteiger partial charge in [0.2, 0.25) is 0 Å². The highest BCUT2D eigenvalue weighted by molar-refractivity contribution is 5.81. The molecule has 25 heavy (non-hydrogen) atoms. The van der Waals surface area contributed by atoms with Gasteiger partial charge in [-0.2, -0.15) is 0 Å². The normalized spacial score (nSPS) is 11.2. The van der Waals surface area contributed by atoms with E-state index in [0.29, 0.717) is 5.56 Å². The minimum Gasteiger partial charge on any atom is -0.391 e. The molecule has 0 spiro atoms. The molecule has 0 bridgehead atoms. The van der Waals surface area contributed by atoms with Gasteiger partial charge < -0.3 is 9.40 Å². The number of nitrogens with zero attached hydrogens (tertiary/aromatic N) is 2. The number of oxime groups is 1. The fourth-order valence-electron chi connectivity index (χ4n) is 2.74. The van der Waals surface area contributed by atoms with Crippen molar-refractivity contribution in [2.24, 2.45) is 5.16 Å². The van der Waals surface area contributed by atoms with E-state index < -0.39 is 0 Å². The Bertz CT molecular complexity index is 899. The molecule has 0 radical (unpaired) electrons. The smallest absolute Gasteiger partial charge is 0.142 e. The van der Waals surface area contributed by atoms with Crippen LogP contribution in [0.15, 0.2) is 59.8 Å². The van der Waals surface area contributed by atoms with E-state index in [1.54, 1.807) is 30.5 Å². The van der Waals surface area contributed by atoms with E-state index in [-0.39, 0.29) is 18.2 Å². The van der Waals surface area contributed by atoms with E-state index in [0.717, 1.165) is 22.6 Å². The van der Waals surface area contributed by atoms with Crippen LogP contribution in [-0.2, 0) is 11.4 Å². The molecule has 0 unspecified atom stereocenters. The average Bonchev–Trinajstić information content (AvgIpc) is 2.87. The van der Waals surface area contributed by atoms with Gasteiger partial charge in [0.1, 0.15) is 18.2 Å². The number of hydrogen-bond acceptors (Lipinski definition) is 2. The molecule has 0 fully saturated rings. The molecular weight excluding hydrogens is 322 g/mol. The van der Waals surface area contributed by atoms with Crippen molar-refractivity contribution < 1.29 is 13.6 Å². The van der Waals surface area contributed by atoms with Crippen LogP contribution < -0.4 is 0 Å². The molecule has 0 aliphatic carbocycles. The minimum atomic E-state index is -0.298. The summed E-state index contributed by atoms with van der Waals surface area (Å²) in [6.07, 6.45) is 1.63. The Labute approximate surface area is 145 Å². The summed E-state index contributed by atoms with van der Waals surface area (Å²) in [5, 5.41) is 3.97. The first kappa shape index (κ1) is 16.9. The summed E-state index contributed by atoms with van der Waals surface area (Å²) >= 11 is 0. The summed E-state index contributed by atoms with van der Waals surface area (Å²) in [5.74, 6) is -0.563. The second-order valence-electron chi connectivity index (χ2n) is 5.78. The van der Waals surface area contributed by atoms with E-state index in [2.05, 4.69) is 5.16 Å². The first-order chi connectivity index (χ1) is 12.0. The number of aromatic nitrogens is 1. The quantitative estimate of drug-likeness (QED) is 0.478. The van der Waals surface area contributed by atoms with Crippen LogP contribution in [-0.4, -0.2) is 10.8 Å². The van der Waals surface area contributed by atoms with E-state index in [1.165, 1.54) is 24.3 Å². The molecule has 1 heterocycles. The summed E-state index contributed by atoms with van der Waals surface area (Å²) in [6, 6.07) is 14.5. The minimum absolute atomic E-state index is 0.199. The van der Waals surface area contributed by atoms with E-state index >= 15 is 0 Å². The topological polar surface area (TPSA) is 26.5 Å². The zero-order valence-corrected chi connectivity index (χ0v) is 14.0. The molecule has 0 amide bonds. The molecule has 0 aliphatic heterocycles. The van der Waals surface area contributed by atoms with E-state index in [4.69, 9.17) is 4.84 Å². The third-order valence-corrected chi connectivity index (χ3v) is 3.94. The van der Waals surface area contributed by atoms with Crippen LogP contribution in [0.1, 0.15) is 22.5 Å². The van der Waals surface area contributed by atoms with Gasteiger partial charge in [-0.25, -0.2) is 8.78 Å². The van der Waals surface area contributed by atoms with Crippen molar-refractivity contribution in [3.8, 4) is 5.69 Å². The Morgan fingerprint density at radius 3 is 2.48 bits per heavy atom. The monoisotopic (exact) mass is 340 g/mol. The van der Waals surface area contributed by atoms with E-state index in [9.17, 15) is 8.78 Å². The van der Waals surface area contributed by atoms with Crippen LogP contribution in [0.5, 0.6) is 0 Å². The van der Waals surface area contributed by atoms with Gasteiger partial charge in [-0.05, 0) is 61.9 Å². The third-order valence-electron chi connectivity index (χ3n) is 3.94. The first-order valence-electron chi connectivity index (χ1n) is 7.89. The lowest BCUT2D eigenvalue weighted by molar-refractivity contribution is 0.132. The molecule has 1 aromatic heterocycles. The van der Waals surface area contributed by atoms with Crippen molar-refractivity contribution in [1.82, 2.24) is 4.57 Å². The predicted octanol–water partition coefficient (Wildman–Crippen LogP) is 4.92. The van der Waals surface area contributed by atoms with E-state index in [1.807, 2.05) is 24.5 Å². The van der Waals surface area contributed by atoms with Crippen molar-refractivity contribution >= 4 is 6.21 Å². The molecule has 0 aliphatic rings. The van der Waals surface area contributed by atoms with Crippen LogP contribution in [0.4, 0.5) is 8.78 Å². The maximum absolute atomic E-state index is 13.1. The van der Waals surface area contributed by atoms with Crippen LogP contribution >= 0.6 is 0 Å². The van der Waals surface area contributed by atoms with Gasteiger partial charge in [0, 0.05) is 22.6 Å². The molecule has 0 saturated carbocycles. The second kappa shape index (κ2) is 7.30. The Hall–Kier alpha value is -2.95. The highest BCUT2D eigenvalue weighted by atomic mass is 19.1. The fraction of sp³-hybridized carbons (Fsp3) is 0.150. The number of rotatable bonds is 5. The Morgan fingerprint density at radius 1 is 1.00 bits per heavy atom. The summed E-state index contributed by atoms with van der Waals surface area (Å²) in [5.41, 5.74) is 4.49. The maximum atomic E-state index is 13.1. The Morgan fingerprint density at radius 2 is 1.76 bits per heavy atom. The molecule has 5 heteroatoms. The van der Waals surface area contributed by atoms with Crippen LogP contribution in [0.25, 0.3) is 5.69 Å². The summed E-state index contributed by atoms with van der Waals surface area (Å²) < 4.78 is 28.2. The van der Waals surface area contributed by atoms with Crippen molar-refractivity contribution in [1.29, 1.82) is 0 Å². The SMILES string of the molecule is Cc1cc(/C=N\OCc2cccc(F)c2)c(C)n1-c1ccc(F)cc1. The van der Waals surface area contributed by atoms with Crippen LogP contribution in [0, 0.1) is 25.5 Å². The Balaban J connectivity index is 1.73. The molecule has 3 nitrogen and oxygen atoms in total. The van der Waals surface area contributed by atoms with Crippen molar-refractivity contribution in [2.75, 3.05) is 0 Å². The van der Waals surface area contributed by atoms with Crippen molar-refractivity contribution in [3.63, 3.8) is 0 Å².